The van der Waals surface area contributed by atoms with Crippen LogP contribution in [-0.2, 0) is 23.8 Å². The molecule has 0 aromatic heterocycles. The fourth-order valence-corrected chi connectivity index (χ4v) is 4.07. The van der Waals surface area contributed by atoms with E-state index in [-0.39, 0.29) is 22.4 Å². The van der Waals surface area contributed by atoms with Gasteiger partial charge in [0.2, 0.25) is 10.0 Å². The molecular formula is C12H16ClNO5S2. The summed E-state index contributed by atoms with van der Waals surface area (Å²) in [6.45, 7) is 0.956. The van der Waals surface area contributed by atoms with Crippen molar-refractivity contribution in [3.63, 3.8) is 0 Å². The summed E-state index contributed by atoms with van der Waals surface area (Å²) in [7, 11) is -2.51. The van der Waals surface area contributed by atoms with E-state index in [9.17, 15) is 16.8 Å². The van der Waals surface area contributed by atoms with Crippen LogP contribution in [0.25, 0.3) is 0 Å². The molecule has 1 aromatic rings. The van der Waals surface area contributed by atoms with Crippen molar-refractivity contribution in [2.45, 2.75) is 35.2 Å². The third-order valence-electron chi connectivity index (χ3n) is 3.18. The minimum absolute atomic E-state index is 0.0854. The highest BCUT2D eigenvalue weighted by molar-refractivity contribution is 8.13. The monoisotopic (exact) mass is 353 g/mol. The highest BCUT2D eigenvalue weighted by atomic mass is 35.7. The molecule has 6 nitrogen and oxygen atoms in total. The van der Waals surface area contributed by atoms with Crippen LogP contribution in [0.1, 0.15) is 19.3 Å². The van der Waals surface area contributed by atoms with Gasteiger partial charge in [0.15, 0.2) is 0 Å². The predicted octanol–water partition coefficient (Wildman–Crippen LogP) is 1.46. The number of hydrogen-bond acceptors (Lipinski definition) is 5. The smallest absolute Gasteiger partial charge is 0.261 e. The van der Waals surface area contributed by atoms with E-state index in [0.717, 1.165) is 18.9 Å². The lowest BCUT2D eigenvalue weighted by molar-refractivity contribution is 0.105. The number of nitrogens with one attached hydrogen (secondary N) is 1. The molecule has 0 saturated carbocycles. The second-order valence-electron chi connectivity index (χ2n) is 4.73. The summed E-state index contributed by atoms with van der Waals surface area (Å²) in [5, 5.41) is 0. The van der Waals surface area contributed by atoms with E-state index in [1.807, 2.05) is 0 Å². The molecule has 1 aliphatic heterocycles. The molecule has 0 radical (unpaired) electrons. The number of halogens is 1. The second-order valence-corrected chi connectivity index (χ2v) is 9.07. The summed E-state index contributed by atoms with van der Waals surface area (Å²) < 4.78 is 54.5. The molecular weight excluding hydrogens is 338 g/mol. The molecule has 9 heteroatoms. The summed E-state index contributed by atoms with van der Waals surface area (Å²) in [4.78, 5) is -0.372. The highest BCUT2D eigenvalue weighted by Crippen LogP contribution is 2.19. The maximum absolute atomic E-state index is 12.1. The molecule has 1 N–H and O–H groups in total. The molecule has 2 rings (SSSR count). The van der Waals surface area contributed by atoms with Crippen molar-refractivity contribution >= 4 is 29.8 Å². The molecule has 0 aliphatic carbocycles. The van der Waals surface area contributed by atoms with Crippen molar-refractivity contribution in [2.24, 2.45) is 0 Å². The van der Waals surface area contributed by atoms with Gasteiger partial charge >= 0.3 is 0 Å². The summed E-state index contributed by atoms with van der Waals surface area (Å²) in [5.74, 6) is 0. The van der Waals surface area contributed by atoms with Gasteiger partial charge in [0.25, 0.3) is 9.05 Å². The van der Waals surface area contributed by atoms with E-state index in [1.54, 1.807) is 0 Å². The Kier molecular flexibility index (Phi) is 5.26. The van der Waals surface area contributed by atoms with Crippen molar-refractivity contribution in [3.05, 3.63) is 24.3 Å². The summed E-state index contributed by atoms with van der Waals surface area (Å²) in [6, 6.07) is 4.94. The van der Waals surface area contributed by atoms with Gasteiger partial charge in [-0.25, -0.2) is 21.6 Å². The zero-order chi connectivity index (χ0) is 15.5. The van der Waals surface area contributed by atoms with Gasteiger partial charge in [-0.15, -0.1) is 0 Å². The molecule has 1 fully saturated rings. The lowest BCUT2D eigenvalue weighted by Gasteiger charge is -2.11. The molecule has 1 aliphatic rings. The van der Waals surface area contributed by atoms with Gasteiger partial charge < -0.3 is 4.74 Å². The molecule has 0 spiro atoms. The maximum atomic E-state index is 12.1. The number of rotatable bonds is 6. The van der Waals surface area contributed by atoms with E-state index in [4.69, 9.17) is 15.4 Å². The Labute approximate surface area is 128 Å². The SMILES string of the molecule is O=S(=O)(Cl)c1cccc(S(=O)(=O)NCCC2CCCO2)c1. The number of sulfonamides is 1. The van der Waals surface area contributed by atoms with Crippen LogP contribution in [0, 0.1) is 0 Å². The maximum Gasteiger partial charge on any atom is 0.261 e. The van der Waals surface area contributed by atoms with Gasteiger partial charge in [-0.05, 0) is 37.5 Å². The van der Waals surface area contributed by atoms with Crippen LogP contribution < -0.4 is 4.72 Å². The van der Waals surface area contributed by atoms with E-state index in [1.165, 1.54) is 18.2 Å². The second kappa shape index (κ2) is 6.62. The molecule has 0 bridgehead atoms. The Bertz CT molecular complexity index is 696. The first-order valence-electron chi connectivity index (χ1n) is 6.45. The van der Waals surface area contributed by atoms with Crippen LogP contribution in [0.2, 0.25) is 0 Å². The van der Waals surface area contributed by atoms with Crippen molar-refractivity contribution in [1.29, 1.82) is 0 Å². The number of ether oxygens (including phenoxy) is 1. The number of hydrogen-bond donors (Lipinski definition) is 1. The van der Waals surface area contributed by atoms with Crippen LogP contribution >= 0.6 is 10.7 Å². The highest BCUT2D eigenvalue weighted by Gasteiger charge is 2.20. The first kappa shape index (κ1) is 16.7. The summed E-state index contributed by atoms with van der Waals surface area (Å²) in [5.41, 5.74) is 0. The average Bonchev–Trinajstić information content (AvgIpc) is 2.91. The van der Waals surface area contributed by atoms with Crippen molar-refractivity contribution in [2.75, 3.05) is 13.2 Å². The third kappa shape index (κ3) is 4.65. The van der Waals surface area contributed by atoms with E-state index in [2.05, 4.69) is 4.72 Å². The van der Waals surface area contributed by atoms with Gasteiger partial charge in [0, 0.05) is 23.8 Å². The van der Waals surface area contributed by atoms with Crippen molar-refractivity contribution < 1.29 is 21.6 Å². The van der Waals surface area contributed by atoms with Crippen LogP contribution in [0.4, 0.5) is 0 Å². The van der Waals surface area contributed by atoms with E-state index in [0.29, 0.717) is 13.0 Å². The zero-order valence-corrected chi connectivity index (χ0v) is 13.5. The fourth-order valence-electron chi connectivity index (χ4n) is 2.10. The Morgan fingerprint density at radius 2 is 1.95 bits per heavy atom. The molecule has 118 valence electrons. The zero-order valence-electron chi connectivity index (χ0n) is 11.2. The molecule has 21 heavy (non-hydrogen) atoms. The van der Waals surface area contributed by atoms with E-state index < -0.39 is 19.1 Å². The lowest BCUT2D eigenvalue weighted by Crippen LogP contribution is -2.27. The molecule has 0 amide bonds. The molecule has 1 aromatic carbocycles. The Morgan fingerprint density at radius 3 is 2.57 bits per heavy atom. The van der Waals surface area contributed by atoms with Crippen LogP contribution in [0.15, 0.2) is 34.1 Å². The van der Waals surface area contributed by atoms with Crippen LogP contribution in [0.5, 0.6) is 0 Å². The third-order valence-corrected chi connectivity index (χ3v) is 5.99. The average molecular weight is 354 g/mol. The number of benzene rings is 1. The Balaban J connectivity index is 2.05. The molecule has 1 heterocycles. The van der Waals surface area contributed by atoms with Gasteiger partial charge in [0.05, 0.1) is 15.9 Å². The van der Waals surface area contributed by atoms with Crippen LogP contribution in [0.3, 0.4) is 0 Å². The lowest BCUT2D eigenvalue weighted by atomic mass is 10.2. The van der Waals surface area contributed by atoms with Crippen molar-refractivity contribution in [1.82, 2.24) is 4.72 Å². The van der Waals surface area contributed by atoms with Crippen molar-refractivity contribution in [3.8, 4) is 0 Å². The molecule has 1 saturated heterocycles. The molecule has 1 unspecified atom stereocenters. The molecule has 1 atom stereocenters. The first-order valence-corrected chi connectivity index (χ1v) is 10.2. The minimum atomic E-state index is -3.96. The Morgan fingerprint density at radius 1 is 1.24 bits per heavy atom. The fraction of sp³-hybridized carbons (Fsp3) is 0.500. The standard InChI is InChI=1S/C12H16ClNO5S2/c13-20(15,16)11-4-1-5-12(9-11)21(17,18)14-7-6-10-3-2-8-19-10/h1,4-5,9-10,14H,2-3,6-8H2. The summed E-state index contributed by atoms with van der Waals surface area (Å²) >= 11 is 0. The quantitative estimate of drug-likeness (QED) is 0.782. The van der Waals surface area contributed by atoms with Crippen LogP contribution in [-0.4, -0.2) is 36.1 Å². The van der Waals surface area contributed by atoms with Gasteiger partial charge in [0.1, 0.15) is 0 Å². The van der Waals surface area contributed by atoms with Gasteiger partial charge in [-0.3, -0.25) is 0 Å². The minimum Gasteiger partial charge on any atom is -0.378 e. The summed E-state index contributed by atoms with van der Waals surface area (Å²) in [6.07, 6.45) is 2.60. The van der Waals surface area contributed by atoms with E-state index >= 15 is 0 Å². The van der Waals surface area contributed by atoms with Gasteiger partial charge in [-0.2, -0.15) is 0 Å². The van der Waals surface area contributed by atoms with Gasteiger partial charge in [-0.1, -0.05) is 6.07 Å². The first-order chi connectivity index (χ1) is 9.79. The largest absolute Gasteiger partial charge is 0.378 e. The predicted molar refractivity (Wildman–Crippen MR) is 78.3 cm³/mol. The topological polar surface area (TPSA) is 89.5 Å². The Hall–Kier alpha value is -0.670. The normalized spacial score (nSPS) is 19.8.